The molecule has 0 atom stereocenters. The van der Waals surface area contributed by atoms with Crippen molar-refractivity contribution < 1.29 is 9.59 Å². The maximum Gasteiger partial charge on any atom is 0.312 e. The van der Waals surface area contributed by atoms with E-state index in [4.69, 9.17) is 0 Å². The molecule has 2 amide bonds. The van der Waals surface area contributed by atoms with Gasteiger partial charge in [-0.05, 0) is 11.1 Å². The van der Waals surface area contributed by atoms with E-state index < -0.39 is 0 Å². The summed E-state index contributed by atoms with van der Waals surface area (Å²) >= 11 is 0. The molecule has 0 unspecified atom stereocenters. The summed E-state index contributed by atoms with van der Waals surface area (Å²) < 4.78 is 0. The van der Waals surface area contributed by atoms with Crippen LogP contribution in [0.3, 0.4) is 0 Å². The van der Waals surface area contributed by atoms with E-state index in [-0.39, 0.29) is 17.9 Å². The van der Waals surface area contributed by atoms with Gasteiger partial charge >= 0.3 is 11.8 Å². The fourth-order valence-corrected chi connectivity index (χ4v) is 4.21. The molecule has 0 spiro atoms. The van der Waals surface area contributed by atoms with Crippen molar-refractivity contribution in [3.63, 3.8) is 0 Å². The van der Waals surface area contributed by atoms with Crippen LogP contribution in [0.25, 0.3) is 0 Å². The summed E-state index contributed by atoms with van der Waals surface area (Å²) in [5.74, 6) is -0.717. The quantitative estimate of drug-likeness (QED) is 0.802. The van der Waals surface area contributed by atoms with Crippen LogP contribution in [0, 0.1) is 0 Å². The minimum atomic E-state index is -0.359. The van der Waals surface area contributed by atoms with Crippen LogP contribution in [0.1, 0.15) is 17.2 Å². The van der Waals surface area contributed by atoms with E-state index >= 15 is 0 Å². The Morgan fingerprint density at radius 2 is 1.10 bits per heavy atom. The van der Waals surface area contributed by atoms with Gasteiger partial charge in [-0.2, -0.15) is 0 Å². The van der Waals surface area contributed by atoms with Crippen LogP contribution in [0.4, 0.5) is 0 Å². The molecule has 2 aliphatic rings. The van der Waals surface area contributed by atoms with E-state index in [9.17, 15) is 9.59 Å². The lowest BCUT2D eigenvalue weighted by molar-refractivity contribution is -0.153. The largest absolute Gasteiger partial charge is 0.332 e. The Kier molecular flexibility index (Phi) is 6.22. The summed E-state index contributed by atoms with van der Waals surface area (Å²) in [6.45, 7) is 5.36. The number of carbonyl (C=O) groups excluding carboxylic acids is 2. The fourth-order valence-electron chi connectivity index (χ4n) is 4.21. The fraction of sp³-hybridized carbons (Fsp3) is 0.391. The number of rotatable bonds is 3. The summed E-state index contributed by atoms with van der Waals surface area (Å²) in [7, 11) is 0. The van der Waals surface area contributed by atoms with Gasteiger partial charge in [-0.25, -0.2) is 0 Å². The molecule has 1 N–H and O–H groups in total. The summed E-state index contributed by atoms with van der Waals surface area (Å²) in [5.41, 5.74) is 2.49. The summed E-state index contributed by atoms with van der Waals surface area (Å²) in [6.07, 6.45) is 0. The second kappa shape index (κ2) is 9.20. The predicted molar refractivity (Wildman–Crippen MR) is 112 cm³/mol. The van der Waals surface area contributed by atoms with Gasteiger partial charge < -0.3 is 15.1 Å². The first kappa shape index (κ1) is 19.6. The van der Waals surface area contributed by atoms with Crippen molar-refractivity contribution in [3.8, 4) is 0 Å². The standard InChI is InChI=1S/C23H28N4O2/c28-22(26-13-11-24-12-14-26)23(29)27-17-15-25(16-18-27)21(19-7-3-1-4-8-19)20-9-5-2-6-10-20/h1-10,21,24H,11-18H2. The number of nitrogens with zero attached hydrogens (tertiary/aromatic N) is 3. The molecule has 6 heteroatoms. The molecule has 2 fully saturated rings. The number of hydrogen-bond acceptors (Lipinski definition) is 4. The molecule has 2 aliphatic heterocycles. The summed E-state index contributed by atoms with van der Waals surface area (Å²) in [5, 5.41) is 3.21. The van der Waals surface area contributed by atoms with Crippen molar-refractivity contribution >= 4 is 11.8 Å². The summed E-state index contributed by atoms with van der Waals surface area (Å²) in [6, 6.07) is 21.1. The smallest absolute Gasteiger partial charge is 0.312 e. The molecule has 2 heterocycles. The first-order valence-corrected chi connectivity index (χ1v) is 10.4. The monoisotopic (exact) mass is 392 g/mol. The van der Waals surface area contributed by atoms with Crippen LogP contribution in [-0.2, 0) is 9.59 Å². The van der Waals surface area contributed by atoms with Crippen molar-refractivity contribution in [3.05, 3.63) is 71.8 Å². The van der Waals surface area contributed by atoms with E-state index in [1.54, 1.807) is 9.80 Å². The lowest BCUT2D eigenvalue weighted by Crippen LogP contribution is -2.56. The van der Waals surface area contributed by atoms with Gasteiger partial charge in [-0.15, -0.1) is 0 Å². The molecule has 0 radical (unpaired) electrons. The van der Waals surface area contributed by atoms with Crippen molar-refractivity contribution in [2.24, 2.45) is 0 Å². The maximum atomic E-state index is 12.7. The minimum Gasteiger partial charge on any atom is -0.332 e. The highest BCUT2D eigenvalue weighted by Crippen LogP contribution is 2.29. The number of piperazine rings is 2. The molecule has 0 bridgehead atoms. The molecule has 2 saturated heterocycles. The lowest BCUT2D eigenvalue weighted by Gasteiger charge is -2.40. The van der Waals surface area contributed by atoms with E-state index in [1.165, 1.54) is 11.1 Å². The van der Waals surface area contributed by atoms with Crippen molar-refractivity contribution in [2.75, 3.05) is 52.4 Å². The van der Waals surface area contributed by atoms with Crippen molar-refractivity contribution in [2.45, 2.75) is 6.04 Å². The highest BCUT2D eigenvalue weighted by atomic mass is 16.2. The Morgan fingerprint density at radius 3 is 1.59 bits per heavy atom. The Morgan fingerprint density at radius 1 is 0.655 bits per heavy atom. The Labute approximate surface area is 172 Å². The number of nitrogens with one attached hydrogen (secondary N) is 1. The second-order valence-corrected chi connectivity index (χ2v) is 7.59. The van der Waals surface area contributed by atoms with Gasteiger partial charge in [0.2, 0.25) is 0 Å². The van der Waals surface area contributed by atoms with Gasteiger partial charge in [0.05, 0.1) is 6.04 Å². The molecule has 6 nitrogen and oxygen atoms in total. The molecule has 152 valence electrons. The molecule has 0 saturated carbocycles. The van der Waals surface area contributed by atoms with Crippen LogP contribution in [0.5, 0.6) is 0 Å². The Hall–Kier alpha value is -2.70. The minimum absolute atomic E-state index is 0.151. The highest BCUT2D eigenvalue weighted by Gasteiger charge is 2.32. The lowest BCUT2D eigenvalue weighted by atomic mass is 9.96. The van der Waals surface area contributed by atoms with E-state index in [1.807, 2.05) is 12.1 Å². The van der Waals surface area contributed by atoms with E-state index in [2.05, 4.69) is 58.7 Å². The van der Waals surface area contributed by atoms with Crippen molar-refractivity contribution in [1.82, 2.24) is 20.0 Å². The number of hydrogen-bond donors (Lipinski definition) is 1. The van der Waals surface area contributed by atoms with Crippen LogP contribution in [0.15, 0.2) is 60.7 Å². The van der Waals surface area contributed by atoms with Gasteiger partial charge in [0.15, 0.2) is 0 Å². The zero-order valence-electron chi connectivity index (χ0n) is 16.7. The van der Waals surface area contributed by atoms with Crippen LogP contribution < -0.4 is 5.32 Å². The van der Waals surface area contributed by atoms with Gasteiger partial charge in [0.25, 0.3) is 0 Å². The molecule has 0 aliphatic carbocycles. The van der Waals surface area contributed by atoms with Crippen LogP contribution in [0.2, 0.25) is 0 Å². The molecule has 2 aromatic rings. The SMILES string of the molecule is O=C(C(=O)N1CCN(C(c2ccccc2)c2ccccc2)CC1)N1CCNCC1. The van der Waals surface area contributed by atoms with E-state index in [0.29, 0.717) is 26.2 Å². The van der Waals surface area contributed by atoms with Crippen molar-refractivity contribution in [1.29, 1.82) is 0 Å². The van der Waals surface area contributed by atoms with Crippen LogP contribution >= 0.6 is 0 Å². The average Bonchev–Trinajstić information content (AvgIpc) is 2.81. The Bertz CT molecular complexity index is 774. The van der Waals surface area contributed by atoms with Gasteiger partial charge in [-0.3, -0.25) is 14.5 Å². The average molecular weight is 393 g/mol. The number of amides is 2. The second-order valence-electron chi connectivity index (χ2n) is 7.59. The topological polar surface area (TPSA) is 55.9 Å². The van der Waals surface area contributed by atoms with E-state index in [0.717, 1.165) is 26.2 Å². The number of benzene rings is 2. The Balaban J connectivity index is 1.44. The van der Waals surface area contributed by atoms with Gasteiger partial charge in [0.1, 0.15) is 0 Å². The molecule has 0 aromatic heterocycles. The predicted octanol–water partition coefficient (Wildman–Crippen LogP) is 1.35. The molecular weight excluding hydrogens is 364 g/mol. The maximum absolute atomic E-state index is 12.7. The third-order valence-corrected chi connectivity index (χ3v) is 5.78. The van der Waals surface area contributed by atoms with Crippen LogP contribution in [-0.4, -0.2) is 78.9 Å². The molecule has 2 aromatic carbocycles. The first-order chi connectivity index (χ1) is 14.2. The zero-order valence-corrected chi connectivity index (χ0v) is 16.7. The molecular formula is C23H28N4O2. The third kappa shape index (κ3) is 4.49. The first-order valence-electron chi connectivity index (χ1n) is 10.4. The van der Waals surface area contributed by atoms with Gasteiger partial charge in [0, 0.05) is 52.4 Å². The number of carbonyl (C=O) groups is 2. The summed E-state index contributed by atoms with van der Waals surface area (Å²) in [4.78, 5) is 31.0. The molecule has 4 rings (SSSR count). The third-order valence-electron chi connectivity index (χ3n) is 5.78. The van der Waals surface area contributed by atoms with Gasteiger partial charge in [-0.1, -0.05) is 60.7 Å². The normalized spacial score (nSPS) is 18.1. The molecule has 29 heavy (non-hydrogen) atoms. The zero-order chi connectivity index (χ0) is 20.1. The highest BCUT2D eigenvalue weighted by molar-refractivity contribution is 6.34.